The molecule has 1 aromatic heterocycles. The Morgan fingerprint density at radius 2 is 1.69 bits per heavy atom. The van der Waals surface area contributed by atoms with Crippen LogP contribution >= 0.6 is 0 Å². The van der Waals surface area contributed by atoms with Crippen molar-refractivity contribution >= 4 is 29.2 Å². The number of amides is 4. The highest BCUT2D eigenvalue weighted by atomic mass is 19.4. The van der Waals surface area contributed by atoms with Crippen LogP contribution in [0.15, 0.2) is 73.1 Å². The van der Waals surface area contributed by atoms with Gasteiger partial charge in [-0.3, -0.25) is 14.6 Å². The lowest BCUT2D eigenvalue weighted by molar-refractivity contribution is -0.274. The molecule has 0 radical (unpaired) electrons. The number of halogens is 3. The number of hydrogen-bond donors (Lipinski definition) is 1. The summed E-state index contributed by atoms with van der Waals surface area (Å²) in [6, 6.07) is 14.0. The maximum absolute atomic E-state index is 13.3. The predicted octanol–water partition coefficient (Wildman–Crippen LogP) is 4.98. The summed E-state index contributed by atoms with van der Waals surface area (Å²) in [7, 11) is 0. The Kier molecular flexibility index (Phi) is 6.40. The topological polar surface area (TPSA) is 91.8 Å². The number of aromatic nitrogens is 1. The van der Waals surface area contributed by atoms with E-state index < -0.39 is 29.6 Å². The average molecular weight is 498 g/mol. The van der Waals surface area contributed by atoms with E-state index in [9.17, 15) is 27.6 Å². The molecule has 1 aliphatic rings. The fourth-order valence-electron chi connectivity index (χ4n) is 3.75. The summed E-state index contributed by atoms with van der Waals surface area (Å²) in [5.74, 6) is -1.39. The van der Waals surface area contributed by atoms with E-state index in [1.807, 2.05) is 0 Å². The molecule has 3 aromatic rings. The van der Waals surface area contributed by atoms with Gasteiger partial charge in [-0.2, -0.15) is 0 Å². The van der Waals surface area contributed by atoms with Gasteiger partial charge >= 0.3 is 12.4 Å². The van der Waals surface area contributed by atoms with E-state index in [2.05, 4.69) is 15.0 Å². The van der Waals surface area contributed by atoms with Crippen molar-refractivity contribution in [2.24, 2.45) is 0 Å². The van der Waals surface area contributed by atoms with Crippen LogP contribution in [-0.2, 0) is 11.3 Å². The van der Waals surface area contributed by atoms with Gasteiger partial charge in [-0.15, -0.1) is 13.2 Å². The van der Waals surface area contributed by atoms with E-state index in [-0.39, 0.29) is 18.1 Å². The number of nitrogens with zero attached hydrogens (tertiary/aromatic N) is 3. The van der Waals surface area contributed by atoms with Crippen molar-refractivity contribution in [3.8, 4) is 5.75 Å². The van der Waals surface area contributed by atoms with Crippen molar-refractivity contribution in [3.63, 3.8) is 0 Å². The first-order valence-electron chi connectivity index (χ1n) is 10.8. The molecule has 11 heteroatoms. The monoisotopic (exact) mass is 498 g/mol. The molecule has 0 bridgehead atoms. The Morgan fingerprint density at radius 1 is 1.03 bits per heavy atom. The minimum Gasteiger partial charge on any atom is -0.406 e. The van der Waals surface area contributed by atoms with Gasteiger partial charge in [0.1, 0.15) is 11.3 Å². The third-order valence-electron chi connectivity index (χ3n) is 5.68. The van der Waals surface area contributed by atoms with E-state index >= 15 is 0 Å². The highest BCUT2D eigenvalue weighted by Gasteiger charge is 2.52. The number of pyridine rings is 1. The summed E-state index contributed by atoms with van der Waals surface area (Å²) < 4.78 is 41.2. The lowest BCUT2D eigenvalue weighted by Gasteiger charge is -2.28. The number of carbonyl (C=O) groups is 3. The predicted molar refractivity (Wildman–Crippen MR) is 124 cm³/mol. The zero-order valence-electron chi connectivity index (χ0n) is 19.2. The van der Waals surface area contributed by atoms with E-state index in [1.54, 1.807) is 50.2 Å². The fraction of sp³-hybridized carbons (Fsp3) is 0.200. The highest BCUT2D eigenvalue weighted by molar-refractivity contribution is 6.23. The summed E-state index contributed by atoms with van der Waals surface area (Å²) >= 11 is 0. The smallest absolute Gasteiger partial charge is 0.406 e. The zero-order chi connectivity index (χ0) is 26.1. The molecule has 0 aliphatic carbocycles. The number of nitrogens with one attached hydrogen (secondary N) is 1. The van der Waals surface area contributed by atoms with Gasteiger partial charge in [0.15, 0.2) is 0 Å². The van der Waals surface area contributed by atoms with Crippen LogP contribution in [0.3, 0.4) is 0 Å². The van der Waals surface area contributed by atoms with E-state index in [0.29, 0.717) is 16.8 Å². The van der Waals surface area contributed by atoms with Crippen LogP contribution in [0, 0.1) is 0 Å². The molecule has 1 aliphatic heterocycles. The number of hydrogen-bond acceptors (Lipinski definition) is 5. The molecule has 36 heavy (non-hydrogen) atoms. The minimum absolute atomic E-state index is 0.0315. The molecule has 2 heterocycles. The summed E-state index contributed by atoms with van der Waals surface area (Å²) in [5.41, 5.74) is 0.169. The molecular formula is C25H21F3N4O4. The van der Waals surface area contributed by atoms with Gasteiger partial charge in [-0.05, 0) is 61.9 Å². The number of anilines is 2. The quantitative estimate of drug-likeness (QED) is 0.484. The van der Waals surface area contributed by atoms with Crippen LogP contribution in [0.4, 0.5) is 29.3 Å². The summed E-state index contributed by atoms with van der Waals surface area (Å²) in [5, 5.41) is 2.78. The van der Waals surface area contributed by atoms with E-state index in [1.165, 1.54) is 29.4 Å². The molecule has 1 N–H and O–H groups in total. The Hall–Kier alpha value is -4.41. The lowest BCUT2D eigenvalue weighted by atomic mass is 10.0. The third kappa shape index (κ3) is 4.99. The zero-order valence-corrected chi connectivity index (χ0v) is 19.2. The van der Waals surface area contributed by atoms with E-state index in [4.69, 9.17) is 0 Å². The maximum atomic E-state index is 13.3. The van der Waals surface area contributed by atoms with E-state index in [0.717, 1.165) is 17.0 Å². The SMILES string of the molecule is CC1(C)C(=O)N(c2ccc(OC(F)(F)F)cc2)C(=O)N1Cc1ccncc1NC(=O)c1ccccc1. The molecule has 0 unspecified atom stereocenters. The van der Waals surface area contributed by atoms with Crippen molar-refractivity contribution in [1.29, 1.82) is 0 Å². The molecule has 4 rings (SSSR count). The second kappa shape index (κ2) is 9.33. The number of urea groups is 1. The maximum Gasteiger partial charge on any atom is 0.573 e. The first-order valence-corrected chi connectivity index (χ1v) is 10.8. The molecule has 1 saturated heterocycles. The molecule has 4 amide bonds. The van der Waals surface area contributed by atoms with Crippen LogP contribution < -0.4 is 15.0 Å². The van der Waals surface area contributed by atoms with Gasteiger partial charge in [-0.25, -0.2) is 9.69 Å². The van der Waals surface area contributed by atoms with Gasteiger partial charge in [0, 0.05) is 11.8 Å². The van der Waals surface area contributed by atoms with Gasteiger partial charge < -0.3 is 15.0 Å². The van der Waals surface area contributed by atoms with Crippen molar-refractivity contribution in [3.05, 3.63) is 84.2 Å². The lowest BCUT2D eigenvalue weighted by Crippen LogP contribution is -2.43. The summed E-state index contributed by atoms with van der Waals surface area (Å²) in [6.07, 6.45) is -1.92. The van der Waals surface area contributed by atoms with Crippen LogP contribution in [0.2, 0.25) is 0 Å². The second-order valence-electron chi connectivity index (χ2n) is 8.46. The Balaban J connectivity index is 1.57. The minimum atomic E-state index is -4.86. The van der Waals surface area contributed by atoms with Crippen LogP contribution in [0.1, 0.15) is 29.8 Å². The van der Waals surface area contributed by atoms with Gasteiger partial charge in [0.05, 0.1) is 24.1 Å². The average Bonchev–Trinajstić information content (AvgIpc) is 2.99. The van der Waals surface area contributed by atoms with Gasteiger partial charge in [0.2, 0.25) is 0 Å². The largest absolute Gasteiger partial charge is 0.573 e. The number of ether oxygens (including phenoxy) is 1. The standard InChI is InChI=1S/C25H21F3N4O4/c1-24(2)22(34)32(18-8-10-19(11-9-18)36-25(26,27)28)23(35)31(24)15-17-12-13-29-14-20(17)30-21(33)16-6-4-3-5-7-16/h3-14H,15H2,1-2H3,(H,30,33). The summed E-state index contributed by atoms with van der Waals surface area (Å²) in [4.78, 5) is 45.4. The number of rotatable bonds is 6. The number of alkyl halides is 3. The number of benzene rings is 2. The third-order valence-corrected chi connectivity index (χ3v) is 5.68. The van der Waals surface area contributed by atoms with Crippen molar-refractivity contribution in [2.45, 2.75) is 32.3 Å². The number of carbonyl (C=O) groups excluding carboxylic acids is 3. The van der Waals surface area contributed by atoms with Crippen LogP contribution in [0.5, 0.6) is 5.75 Å². The highest BCUT2D eigenvalue weighted by Crippen LogP contribution is 2.35. The first kappa shape index (κ1) is 24.7. The fourth-order valence-corrected chi connectivity index (χ4v) is 3.75. The van der Waals surface area contributed by atoms with Gasteiger partial charge in [-0.1, -0.05) is 18.2 Å². The Bertz CT molecular complexity index is 1290. The van der Waals surface area contributed by atoms with Crippen molar-refractivity contribution in [2.75, 3.05) is 10.2 Å². The molecule has 0 spiro atoms. The molecular weight excluding hydrogens is 477 g/mol. The molecule has 1 fully saturated rings. The normalized spacial score (nSPS) is 15.2. The Labute approximate surface area is 204 Å². The molecule has 186 valence electrons. The molecule has 8 nitrogen and oxygen atoms in total. The molecule has 2 aromatic carbocycles. The second-order valence-corrected chi connectivity index (χ2v) is 8.46. The molecule has 0 atom stereocenters. The van der Waals surface area contributed by atoms with Crippen LogP contribution in [0.25, 0.3) is 0 Å². The number of imide groups is 1. The Morgan fingerprint density at radius 3 is 2.33 bits per heavy atom. The van der Waals surface area contributed by atoms with Crippen molar-refractivity contribution < 1.29 is 32.3 Å². The first-order chi connectivity index (χ1) is 17.0. The van der Waals surface area contributed by atoms with Gasteiger partial charge in [0.25, 0.3) is 11.8 Å². The van der Waals surface area contributed by atoms with Crippen molar-refractivity contribution in [1.82, 2.24) is 9.88 Å². The summed E-state index contributed by atoms with van der Waals surface area (Å²) in [6.45, 7) is 3.10. The molecule has 0 saturated carbocycles. The van der Waals surface area contributed by atoms with Crippen LogP contribution in [-0.4, -0.2) is 39.6 Å².